The van der Waals surface area contributed by atoms with Crippen molar-refractivity contribution < 1.29 is 65.0 Å². The Labute approximate surface area is 254 Å². The van der Waals surface area contributed by atoms with Crippen LogP contribution in [0.4, 0.5) is 0 Å². The minimum atomic E-state index is -1.97. The van der Waals surface area contributed by atoms with Gasteiger partial charge in [0, 0.05) is 6.42 Å². The molecule has 0 saturated carbocycles. The number of aliphatic hydroxyl groups is 8. The Hall–Kier alpha value is -1.52. The summed E-state index contributed by atoms with van der Waals surface area (Å²) in [7, 11) is 0. The number of aliphatic carboxylic acids is 1. The van der Waals surface area contributed by atoms with Gasteiger partial charge in [-0.05, 0) is 32.1 Å². The molecule has 0 amide bonds. The van der Waals surface area contributed by atoms with Gasteiger partial charge in [0.05, 0.1) is 13.2 Å². The average Bonchev–Trinajstić information content (AvgIpc) is 3.00. The van der Waals surface area contributed by atoms with Gasteiger partial charge in [-0.25, -0.2) is 0 Å². The van der Waals surface area contributed by atoms with E-state index < -0.39 is 74.3 Å². The summed E-state index contributed by atoms with van der Waals surface area (Å²) in [6.07, 6.45) is 5.54. The average molecular weight is 625 g/mol. The maximum atomic E-state index is 10.5. The van der Waals surface area contributed by atoms with E-state index in [0.29, 0.717) is 6.42 Å². The van der Waals surface area contributed by atoms with Crippen LogP contribution < -0.4 is 0 Å². The lowest BCUT2D eigenvalue weighted by Gasteiger charge is -2.42. The van der Waals surface area contributed by atoms with Crippen LogP contribution in [0.5, 0.6) is 0 Å². The number of carboxylic acids is 1. The fraction of sp³-hybridized carbons (Fsp3) is 0.867. The molecule has 1 rings (SSSR count). The molecule has 0 aromatic heterocycles. The molecule has 1 heterocycles. The number of carbonyl (C=O) groups is 2. The molecule has 0 spiro atoms. The molecule has 13 heteroatoms. The van der Waals surface area contributed by atoms with Gasteiger partial charge in [0.25, 0.3) is 0 Å². The third-order valence-corrected chi connectivity index (χ3v) is 7.18. The topological polar surface area (TPSA) is 235 Å². The van der Waals surface area contributed by atoms with E-state index in [4.69, 9.17) is 24.8 Å². The van der Waals surface area contributed by atoms with Crippen molar-refractivity contribution in [2.75, 3.05) is 13.2 Å². The molecule has 13 nitrogen and oxygen atoms in total. The summed E-state index contributed by atoms with van der Waals surface area (Å²) >= 11 is 0. The standard InChI is InChI=1S/C18H34O2.C12H22O11/c1-2-3-4-5-6-7-8-9-10-11-12-13-14-15-16-17-18(19)20;13-1-4(16)7(18)11(5(17)2-14)23-12-10(21)9(20)8(19)6(3-15)22-12/h9-10H,2-8,11-17H2,1H3,(H,19,20);1,4-12,14-21H,2-3H2/b10-9-;. The zero-order chi connectivity index (χ0) is 32.6. The molecule has 0 aromatic rings. The predicted octanol–water partition coefficient (Wildman–Crippen LogP) is 0.554. The zero-order valence-corrected chi connectivity index (χ0v) is 25.4. The van der Waals surface area contributed by atoms with Crippen molar-refractivity contribution >= 4 is 12.3 Å². The van der Waals surface area contributed by atoms with Gasteiger partial charge in [-0.2, -0.15) is 0 Å². The van der Waals surface area contributed by atoms with E-state index in [1.807, 2.05) is 0 Å². The zero-order valence-electron chi connectivity index (χ0n) is 25.4. The highest BCUT2D eigenvalue weighted by atomic mass is 16.7. The van der Waals surface area contributed by atoms with Crippen molar-refractivity contribution in [3.63, 3.8) is 0 Å². The monoisotopic (exact) mass is 624 g/mol. The maximum absolute atomic E-state index is 10.5. The molecule has 9 unspecified atom stereocenters. The molecule has 1 aliphatic rings. The largest absolute Gasteiger partial charge is 0.481 e. The molecular weight excluding hydrogens is 568 g/mol. The number of allylic oxidation sites excluding steroid dienone is 2. The van der Waals surface area contributed by atoms with Crippen LogP contribution in [-0.4, -0.2) is 127 Å². The molecule has 9 N–H and O–H groups in total. The van der Waals surface area contributed by atoms with Crippen LogP contribution in [0.1, 0.15) is 96.8 Å². The van der Waals surface area contributed by atoms with Crippen LogP contribution in [0, 0.1) is 0 Å². The summed E-state index contributed by atoms with van der Waals surface area (Å²) in [5.74, 6) is -0.664. The van der Waals surface area contributed by atoms with Crippen molar-refractivity contribution in [2.24, 2.45) is 0 Å². The second-order valence-corrected chi connectivity index (χ2v) is 10.9. The lowest BCUT2D eigenvalue weighted by Crippen LogP contribution is -2.61. The fourth-order valence-corrected chi connectivity index (χ4v) is 4.46. The first-order valence-corrected chi connectivity index (χ1v) is 15.5. The fourth-order valence-electron chi connectivity index (χ4n) is 4.46. The van der Waals surface area contributed by atoms with E-state index in [9.17, 15) is 40.2 Å². The normalized spacial score (nSPS) is 25.0. The summed E-state index contributed by atoms with van der Waals surface area (Å²) in [4.78, 5) is 20.8. The van der Waals surface area contributed by atoms with Crippen LogP contribution in [0.2, 0.25) is 0 Å². The predicted molar refractivity (Wildman–Crippen MR) is 157 cm³/mol. The van der Waals surface area contributed by atoms with Crippen LogP contribution in [0.3, 0.4) is 0 Å². The van der Waals surface area contributed by atoms with E-state index in [-0.39, 0.29) is 6.29 Å². The van der Waals surface area contributed by atoms with E-state index in [2.05, 4.69) is 19.1 Å². The third kappa shape index (κ3) is 18.1. The number of aliphatic hydroxyl groups excluding tert-OH is 8. The minimum absolute atomic E-state index is 0.0294. The Balaban J connectivity index is 0.000000830. The van der Waals surface area contributed by atoms with Crippen molar-refractivity contribution in [1.29, 1.82) is 0 Å². The Kier molecular flexibility index (Phi) is 24.9. The molecule has 0 aromatic carbocycles. The first-order valence-electron chi connectivity index (χ1n) is 15.5. The summed E-state index contributed by atoms with van der Waals surface area (Å²) in [6.45, 7) is 0.622. The van der Waals surface area contributed by atoms with E-state index >= 15 is 0 Å². The van der Waals surface area contributed by atoms with Gasteiger partial charge in [0.1, 0.15) is 48.8 Å². The summed E-state index contributed by atoms with van der Waals surface area (Å²) in [5, 5.41) is 84.3. The number of ether oxygens (including phenoxy) is 2. The second kappa shape index (κ2) is 25.8. The lowest BCUT2D eigenvalue weighted by atomic mass is 9.98. The van der Waals surface area contributed by atoms with Gasteiger partial charge in [0.2, 0.25) is 0 Å². The van der Waals surface area contributed by atoms with Crippen molar-refractivity contribution in [3.8, 4) is 0 Å². The minimum Gasteiger partial charge on any atom is -0.481 e. The molecule has 0 bridgehead atoms. The van der Waals surface area contributed by atoms with Crippen LogP contribution >= 0.6 is 0 Å². The molecule has 9 atom stereocenters. The number of carbonyl (C=O) groups excluding carboxylic acids is 1. The number of carboxylic acid groups (broad SMARTS) is 1. The number of rotatable bonds is 23. The molecule has 1 aliphatic heterocycles. The second-order valence-electron chi connectivity index (χ2n) is 10.9. The molecule has 1 fully saturated rings. The van der Waals surface area contributed by atoms with Gasteiger partial charge in [-0.1, -0.05) is 70.4 Å². The van der Waals surface area contributed by atoms with Gasteiger partial charge in [-0.3, -0.25) is 4.79 Å². The van der Waals surface area contributed by atoms with Crippen molar-refractivity contribution in [1.82, 2.24) is 0 Å². The van der Waals surface area contributed by atoms with Gasteiger partial charge in [0.15, 0.2) is 12.6 Å². The highest BCUT2D eigenvalue weighted by molar-refractivity contribution is 5.66. The SMILES string of the molecule is CCCCCCCC/C=C\CCCCCCCC(=O)O.O=CC(O)C(O)C(OC1OC(CO)C(O)C(O)C1O)C(O)CO. The number of hydrogen-bond acceptors (Lipinski definition) is 12. The highest BCUT2D eigenvalue weighted by Crippen LogP contribution is 2.24. The smallest absolute Gasteiger partial charge is 0.303 e. The highest BCUT2D eigenvalue weighted by Gasteiger charge is 2.46. The molecule has 43 heavy (non-hydrogen) atoms. The first-order chi connectivity index (χ1) is 20.5. The van der Waals surface area contributed by atoms with Gasteiger partial charge >= 0.3 is 5.97 Å². The first kappa shape index (κ1) is 41.5. The van der Waals surface area contributed by atoms with E-state index in [1.165, 1.54) is 70.6 Å². The van der Waals surface area contributed by atoms with Gasteiger partial charge in [-0.15, -0.1) is 0 Å². The van der Waals surface area contributed by atoms with Crippen LogP contribution in [0.15, 0.2) is 12.2 Å². The molecule has 1 saturated heterocycles. The molecule has 0 radical (unpaired) electrons. The number of hydrogen-bond donors (Lipinski definition) is 9. The summed E-state index contributed by atoms with van der Waals surface area (Å²) in [6, 6.07) is 0. The quantitative estimate of drug-likeness (QED) is 0.0430. The Bertz CT molecular complexity index is 720. The van der Waals surface area contributed by atoms with Crippen molar-refractivity contribution in [2.45, 2.75) is 152 Å². The number of unbranched alkanes of at least 4 members (excludes halogenated alkanes) is 11. The number of aldehydes is 1. The van der Waals surface area contributed by atoms with Crippen LogP contribution in [0.25, 0.3) is 0 Å². The Morgan fingerprint density at radius 1 is 0.814 bits per heavy atom. The van der Waals surface area contributed by atoms with E-state index in [0.717, 1.165) is 12.8 Å². The van der Waals surface area contributed by atoms with Crippen molar-refractivity contribution in [3.05, 3.63) is 12.2 Å². The van der Waals surface area contributed by atoms with Crippen LogP contribution in [-0.2, 0) is 19.1 Å². The van der Waals surface area contributed by atoms with Gasteiger partial charge < -0.3 is 60.2 Å². The maximum Gasteiger partial charge on any atom is 0.303 e. The molecule has 0 aliphatic carbocycles. The summed E-state index contributed by atoms with van der Waals surface area (Å²) in [5.41, 5.74) is 0. The molecular formula is C30H56O13. The lowest BCUT2D eigenvalue weighted by molar-refractivity contribution is -0.326. The summed E-state index contributed by atoms with van der Waals surface area (Å²) < 4.78 is 10.1. The third-order valence-electron chi connectivity index (χ3n) is 7.18. The van der Waals surface area contributed by atoms with E-state index in [1.54, 1.807) is 0 Å². The Morgan fingerprint density at radius 2 is 1.35 bits per heavy atom. The Morgan fingerprint density at radius 3 is 1.84 bits per heavy atom. The molecule has 254 valence electrons.